The maximum atomic E-state index is 11.5. The molecule has 0 spiro atoms. The van der Waals surface area contributed by atoms with Gasteiger partial charge in [0.1, 0.15) is 0 Å². The fourth-order valence-corrected chi connectivity index (χ4v) is 4.37. The SMILES string of the molecule is CC1CS(=O)(=O)CCN1CCCC(N)c1ccccc1. The highest BCUT2D eigenvalue weighted by Crippen LogP contribution is 2.17. The van der Waals surface area contributed by atoms with Crippen LogP contribution in [0.2, 0.25) is 0 Å². The standard InChI is InChI=1S/C15H24N2O2S/c1-13-12-20(18,19)11-10-17(13)9-5-8-15(16)14-6-3-2-4-7-14/h2-4,6-7,13,15H,5,8-12,16H2,1H3. The van der Waals surface area contributed by atoms with Gasteiger partial charge in [0.25, 0.3) is 0 Å². The van der Waals surface area contributed by atoms with E-state index in [-0.39, 0.29) is 17.8 Å². The number of sulfone groups is 1. The number of hydrogen-bond donors (Lipinski definition) is 1. The molecule has 2 atom stereocenters. The molecule has 0 saturated carbocycles. The first-order valence-electron chi connectivity index (χ1n) is 7.23. The van der Waals surface area contributed by atoms with Crippen LogP contribution in [0.15, 0.2) is 30.3 Å². The highest BCUT2D eigenvalue weighted by atomic mass is 32.2. The Labute approximate surface area is 121 Å². The summed E-state index contributed by atoms with van der Waals surface area (Å²) in [6.07, 6.45) is 1.93. The molecular formula is C15H24N2O2S. The molecule has 1 fully saturated rings. The summed E-state index contributed by atoms with van der Waals surface area (Å²) in [4.78, 5) is 2.26. The lowest BCUT2D eigenvalue weighted by Crippen LogP contribution is -2.47. The Morgan fingerprint density at radius 1 is 1.35 bits per heavy atom. The van der Waals surface area contributed by atoms with Crippen molar-refractivity contribution in [1.29, 1.82) is 0 Å². The monoisotopic (exact) mass is 296 g/mol. The van der Waals surface area contributed by atoms with Gasteiger partial charge in [0.05, 0.1) is 11.5 Å². The fraction of sp³-hybridized carbons (Fsp3) is 0.600. The van der Waals surface area contributed by atoms with Gasteiger partial charge in [0.15, 0.2) is 9.84 Å². The number of benzene rings is 1. The van der Waals surface area contributed by atoms with Crippen LogP contribution in [0.25, 0.3) is 0 Å². The number of nitrogens with two attached hydrogens (primary N) is 1. The molecule has 112 valence electrons. The number of hydrogen-bond acceptors (Lipinski definition) is 4. The maximum Gasteiger partial charge on any atom is 0.153 e. The summed E-state index contributed by atoms with van der Waals surface area (Å²) in [6, 6.07) is 10.3. The Morgan fingerprint density at radius 2 is 2.05 bits per heavy atom. The highest BCUT2D eigenvalue weighted by Gasteiger charge is 2.27. The van der Waals surface area contributed by atoms with E-state index in [4.69, 9.17) is 5.73 Å². The van der Waals surface area contributed by atoms with Crippen molar-refractivity contribution >= 4 is 9.84 Å². The van der Waals surface area contributed by atoms with Gasteiger partial charge in [-0.15, -0.1) is 0 Å². The molecule has 2 unspecified atom stereocenters. The fourth-order valence-electron chi connectivity index (χ4n) is 2.75. The van der Waals surface area contributed by atoms with Crippen LogP contribution in [0.4, 0.5) is 0 Å². The van der Waals surface area contributed by atoms with Gasteiger partial charge in [-0.2, -0.15) is 0 Å². The van der Waals surface area contributed by atoms with E-state index in [9.17, 15) is 8.42 Å². The summed E-state index contributed by atoms with van der Waals surface area (Å²) in [6.45, 7) is 3.58. The third kappa shape index (κ3) is 4.30. The summed E-state index contributed by atoms with van der Waals surface area (Å²) in [5, 5.41) is 0. The van der Waals surface area contributed by atoms with E-state index in [1.165, 1.54) is 5.56 Å². The second-order valence-electron chi connectivity index (χ2n) is 5.66. The zero-order chi connectivity index (χ0) is 14.6. The first-order valence-corrected chi connectivity index (χ1v) is 9.05. The molecule has 2 N–H and O–H groups in total. The Morgan fingerprint density at radius 3 is 2.70 bits per heavy atom. The van der Waals surface area contributed by atoms with Gasteiger partial charge in [-0.1, -0.05) is 30.3 Å². The first kappa shape index (κ1) is 15.5. The smallest absolute Gasteiger partial charge is 0.153 e. The zero-order valence-corrected chi connectivity index (χ0v) is 12.8. The van der Waals surface area contributed by atoms with Crippen molar-refractivity contribution in [3.63, 3.8) is 0 Å². The largest absolute Gasteiger partial charge is 0.324 e. The summed E-state index contributed by atoms with van der Waals surface area (Å²) < 4.78 is 23.1. The summed E-state index contributed by atoms with van der Waals surface area (Å²) >= 11 is 0. The van der Waals surface area contributed by atoms with Crippen molar-refractivity contribution in [2.24, 2.45) is 5.73 Å². The van der Waals surface area contributed by atoms with Crippen molar-refractivity contribution in [2.45, 2.75) is 31.8 Å². The van der Waals surface area contributed by atoms with Gasteiger partial charge >= 0.3 is 0 Å². The highest BCUT2D eigenvalue weighted by molar-refractivity contribution is 7.91. The lowest BCUT2D eigenvalue weighted by Gasteiger charge is -2.33. The molecule has 1 aliphatic rings. The van der Waals surface area contributed by atoms with Crippen LogP contribution in [-0.2, 0) is 9.84 Å². The van der Waals surface area contributed by atoms with E-state index in [1.54, 1.807) is 0 Å². The minimum absolute atomic E-state index is 0.0695. The summed E-state index contributed by atoms with van der Waals surface area (Å²) in [7, 11) is -2.82. The molecule has 4 nitrogen and oxygen atoms in total. The Balaban J connectivity index is 1.76. The van der Waals surface area contributed by atoms with E-state index in [0.717, 1.165) is 19.4 Å². The number of nitrogens with zero attached hydrogens (tertiary/aromatic N) is 1. The predicted octanol–water partition coefficient (Wildman–Crippen LogP) is 1.59. The molecule has 1 aliphatic heterocycles. The molecule has 1 heterocycles. The first-order chi connectivity index (χ1) is 9.48. The van der Waals surface area contributed by atoms with Crippen molar-refractivity contribution in [1.82, 2.24) is 4.90 Å². The lowest BCUT2D eigenvalue weighted by atomic mass is 10.0. The molecule has 1 aromatic carbocycles. The molecule has 2 rings (SSSR count). The summed E-state index contributed by atoms with van der Waals surface area (Å²) in [5.74, 6) is 0.583. The minimum atomic E-state index is -2.82. The topological polar surface area (TPSA) is 63.4 Å². The molecule has 20 heavy (non-hydrogen) atoms. The van der Waals surface area contributed by atoms with Gasteiger partial charge in [-0.3, -0.25) is 4.90 Å². The Hall–Kier alpha value is -0.910. The van der Waals surface area contributed by atoms with Gasteiger partial charge in [0.2, 0.25) is 0 Å². The molecule has 5 heteroatoms. The minimum Gasteiger partial charge on any atom is -0.324 e. The molecule has 0 radical (unpaired) electrons. The number of rotatable bonds is 5. The van der Waals surface area contributed by atoms with Crippen molar-refractivity contribution < 1.29 is 8.42 Å². The second kappa shape index (κ2) is 6.70. The van der Waals surface area contributed by atoms with Crippen LogP contribution in [-0.4, -0.2) is 44.0 Å². The molecule has 0 aliphatic carbocycles. The van der Waals surface area contributed by atoms with Crippen LogP contribution in [0.1, 0.15) is 31.4 Å². The van der Waals surface area contributed by atoms with Gasteiger partial charge in [0, 0.05) is 18.6 Å². The van der Waals surface area contributed by atoms with E-state index in [1.807, 2.05) is 25.1 Å². The molecule has 1 aromatic rings. The predicted molar refractivity (Wildman–Crippen MR) is 82.3 cm³/mol. The third-order valence-corrected chi connectivity index (χ3v) is 5.79. The van der Waals surface area contributed by atoms with Crippen LogP contribution in [0.3, 0.4) is 0 Å². The van der Waals surface area contributed by atoms with Crippen LogP contribution in [0, 0.1) is 0 Å². The Bertz CT molecular complexity index is 516. The van der Waals surface area contributed by atoms with Crippen molar-refractivity contribution in [2.75, 3.05) is 24.6 Å². The summed E-state index contributed by atoms with van der Waals surface area (Å²) in [5.41, 5.74) is 7.34. The molecule has 0 aromatic heterocycles. The van der Waals surface area contributed by atoms with E-state index >= 15 is 0 Å². The van der Waals surface area contributed by atoms with E-state index in [2.05, 4.69) is 17.0 Å². The molecule has 1 saturated heterocycles. The van der Waals surface area contributed by atoms with Gasteiger partial charge in [-0.05, 0) is 31.9 Å². The maximum absolute atomic E-state index is 11.5. The molecule has 0 bridgehead atoms. The molecular weight excluding hydrogens is 272 g/mol. The van der Waals surface area contributed by atoms with E-state index in [0.29, 0.717) is 12.3 Å². The van der Waals surface area contributed by atoms with Crippen LogP contribution in [0.5, 0.6) is 0 Å². The average Bonchev–Trinajstić information content (AvgIpc) is 2.41. The van der Waals surface area contributed by atoms with Crippen molar-refractivity contribution in [3.8, 4) is 0 Å². The lowest BCUT2D eigenvalue weighted by molar-refractivity contribution is 0.220. The normalized spacial score (nSPS) is 24.4. The van der Waals surface area contributed by atoms with E-state index < -0.39 is 9.84 Å². The zero-order valence-electron chi connectivity index (χ0n) is 12.0. The van der Waals surface area contributed by atoms with Crippen LogP contribution >= 0.6 is 0 Å². The average molecular weight is 296 g/mol. The third-order valence-electron chi connectivity index (χ3n) is 4.00. The van der Waals surface area contributed by atoms with Crippen LogP contribution < -0.4 is 5.73 Å². The second-order valence-corrected chi connectivity index (χ2v) is 7.89. The van der Waals surface area contributed by atoms with Crippen molar-refractivity contribution in [3.05, 3.63) is 35.9 Å². The Kier molecular flexibility index (Phi) is 5.18. The van der Waals surface area contributed by atoms with Gasteiger partial charge in [-0.25, -0.2) is 8.42 Å². The molecule has 0 amide bonds. The quantitative estimate of drug-likeness (QED) is 0.896. The van der Waals surface area contributed by atoms with Gasteiger partial charge < -0.3 is 5.73 Å².